The molecule has 0 radical (unpaired) electrons. The molecule has 5 atom stereocenters. The molecule has 0 aromatic carbocycles. The molecule has 10 nitrogen and oxygen atoms in total. The fourth-order valence-corrected chi connectivity index (χ4v) is 3.69. The molecular formula is C25H43NO9. The van der Waals surface area contributed by atoms with Crippen LogP contribution in [0.5, 0.6) is 0 Å². The van der Waals surface area contributed by atoms with E-state index in [4.69, 9.17) is 14.2 Å². The van der Waals surface area contributed by atoms with Crippen LogP contribution in [0.15, 0.2) is 12.2 Å². The minimum absolute atomic E-state index is 0.0540. The summed E-state index contributed by atoms with van der Waals surface area (Å²) in [5.74, 6) is -1.80. The summed E-state index contributed by atoms with van der Waals surface area (Å²) < 4.78 is 15.3. The number of ether oxygens (including phenoxy) is 3. The topological polar surface area (TPSA) is 152 Å². The van der Waals surface area contributed by atoms with E-state index in [1.54, 1.807) is 6.08 Å². The molecule has 0 aromatic rings. The van der Waals surface area contributed by atoms with Crippen LogP contribution in [0.25, 0.3) is 0 Å². The first-order valence-corrected chi connectivity index (χ1v) is 12.3. The molecule has 1 saturated carbocycles. The van der Waals surface area contributed by atoms with Crippen molar-refractivity contribution in [3.8, 4) is 0 Å². The number of aliphatic hydroxyl groups excluding tert-OH is 3. The maximum Gasteiger partial charge on any atom is 0.508 e. The third-order valence-electron chi connectivity index (χ3n) is 5.77. The van der Waals surface area contributed by atoms with E-state index in [0.29, 0.717) is 0 Å². The highest BCUT2D eigenvalue weighted by Gasteiger charge is 2.36. The van der Waals surface area contributed by atoms with E-state index in [1.165, 1.54) is 20.1 Å². The molecule has 0 aliphatic heterocycles. The molecule has 4 N–H and O–H groups in total. The predicted molar refractivity (Wildman–Crippen MR) is 129 cm³/mol. The van der Waals surface area contributed by atoms with Gasteiger partial charge < -0.3 is 34.8 Å². The van der Waals surface area contributed by atoms with Crippen molar-refractivity contribution in [1.82, 2.24) is 5.32 Å². The lowest BCUT2D eigenvalue weighted by atomic mass is 9.92. The number of ketones is 1. The maximum absolute atomic E-state index is 12.6. The van der Waals surface area contributed by atoms with Gasteiger partial charge in [-0.2, -0.15) is 0 Å². The van der Waals surface area contributed by atoms with Crippen LogP contribution in [0.4, 0.5) is 4.79 Å². The van der Waals surface area contributed by atoms with E-state index in [9.17, 15) is 29.7 Å². The van der Waals surface area contributed by atoms with E-state index in [-0.39, 0.29) is 31.1 Å². The van der Waals surface area contributed by atoms with Crippen LogP contribution in [0, 0.1) is 11.3 Å². The molecule has 10 heteroatoms. The van der Waals surface area contributed by atoms with E-state index < -0.39 is 48.2 Å². The first kappa shape index (κ1) is 31.0. The van der Waals surface area contributed by atoms with Crippen LogP contribution >= 0.6 is 0 Å². The van der Waals surface area contributed by atoms with Crippen LogP contribution in [-0.2, 0) is 23.8 Å². The average Bonchev–Trinajstić information content (AvgIpc) is 2.80. The van der Waals surface area contributed by atoms with Gasteiger partial charge in [0.1, 0.15) is 37.1 Å². The van der Waals surface area contributed by atoms with Gasteiger partial charge >= 0.3 is 6.16 Å². The van der Waals surface area contributed by atoms with Crippen LogP contribution in [0.2, 0.25) is 0 Å². The molecule has 0 aromatic heterocycles. The van der Waals surface area contributed by atoms with E-state index in [2.05, 4.69) is 5.32 Å². The number of Topliss-reactive ketones (excluding diaryl/α,β-unsaturated/α-hetero) is 1. The fourth-order valence-electron chi connectivity index (χ4n) is 3.69. The second-order valence-electron chi connectivity index (χ2n) is 10.2. The van der Waals surface area contributed by atoms with Gasteiger partial charge in [-0.25, -0.2) is 4.79 Å². The highest BCUT2D eigenvalue weighted by molar-refractivity contribution is 5.89. The van der Waals surface area contributed by atoms with Crippen LogP contribution in [-0.4, -0.2) is 83.9 Å². The van der Waals surface area contributed by atoms with Crippen molar-refractivity contribution in [3.63, 3.8) is 0 Å². The summed E-state index contributed by atoms with van der Waals surface area (Å²) in [5, 5.41) is 33.4. The second kappa shape index (κ2) is 15.2. The number of aliphatic hydroxyl groups is 3. The Morgan fingerprint density at radius 2 is 1.69 bits per heavy atom. The van der Waals surface area contributed by atoms with E-state index >= 15 is 0 Å². The van der Waals surface area contributed by atoms with Crippen LogP contribution in [0.3, 0.4) is 0 Å². The second-order valence-corrected chi connectivity index (χ2v) is 10.2. The number of nitrogens with one attached hydrogen (secondary N) is 1. The van der Waals surface area contributed by atoms with Crippen LogP contribution < -0.4 is 5.32 Å². The number of allylic oxidation sites excluding steroid dienone is 1. The van der Waals surface area contributed by atoms with Crippen molar-refractivity contribution in [3.05, 3.63) is 12.2 Å². The number of carbonyl (C=O) groups excluding carboxylic acids is 3. The summed E-state index contributed by atoms with van der Waals surface area (Å²) in [7, 11) is 1.20. The summed E-state index contributed by atoms with van der Waals surface area (Å²) in [6, 6.07) is 0. The number of amides is 1. The normalized spacial score (nSPS) is 19.4. The molecule has 0 bridgehead atoms. The van der Waals surface area contributed by atoms with Crippen molar-refractivity contribution in [2.75, 3.05) is 20.3 Å². The van der Waals surface area contributed by atoms with E-state index in [1.807, 2.05) is 20.8 Å². The zero-order valence-electron chi connectivity index (χ0n) is 21.6. The Labute approximate surface area is 208 Å². The van der Waals surface area contributed by atoms with Gasteiger partial charge in [-0.15, -0.1) is 0 Å². The zero-order chi connectivity index (χ0) is 26.6. The molecule has 0 unspecified atom stereocenters. The summed E-state index contributed by atoms with van der Waals surface area (Å²) in [5.41, 5.74) is -0.244. The molecule has 0 heterocycles. The van der Waals surface area contributed by atoms with Gasteiger partial charge in [-0.3, -0.25) is 9.59 Å². The van der Waals surface area contributed by atoms with E-state index in [0.717, 1.165) is 32.1 Å². The third-order valence-corrected chi connectivity index (χ3v) is 5.77. The molecule has 1 aliphatic rings. The SMILES string of the molecule is CO[C@@H](C(=O)C[C@@H](C)C(=O)NCCOC(=O)OC1CCCCC1)[C@H](O)[C@@H](O)[C@H](O)/C=C/C(C)(C)C. The highest BCUT2D eigenvalue weighted by atomic mass is 16.7. The van der Waals surface area contributed by atoms with Gasteiger partial charge in [0.15, 0.2) is 5.78 Å². The first-order valence-electron chi connectivity index (χ1n) is 12.3. The Morgan fingerprint density at radius 1 is 1.06 bits per heavy atom. The Morgan fingerprint density at radius 3 is 2.26 bits per heavy atom. The van der Waals surface area contributed by atoms with Crippen molar-refractivity contribution >= 4 is 17.8 Å². The maximum atomic E-state index is 12.6. The van der Waals surface area contributed by atoms with Crippen molar-refractivity contribution in [2.24, 2.45) is 11.3 Å². The standard InChI is InChI=1S/C25H43NO9/c1-16(23(31)26-13-14-34-24(32)35-17-9-7-6-8-10-17)15-19(28)22(33-5)21(30)20(29)18(27)11-12-25(2,3)4/h11-12,16-18,20-22,27,29-30H,6-10,13-15H2,1-5H3,(H,26,31)/b12-11+/t16-,18-,20+,21-,22+/m1/s1. The Hall–Kier alpha value is -2.01. The summed E-state index contributed by atoms with van der Waals surface area (Å²) in [6.07, 6.45) is 0.598. The molecule has 202 valence electrons. The quantitative estimate of drug-likeness (QED) is 0.168. The molecule has 1 amide bonds. The Kier molecular flexibility index (Phi) is 13.5. The van der Waals surface area contributed by atoms with Gasteiger partial charge in [-0.05, 0) is 31.1 Å². The summed E-state index contributed by atoms with van der Waals surface area (Å²) in [6.45, 7) is 7.23. The van der Waals surface area contributed by atoms with Gasteiger partial charge in [-0.1, -0.05) is 46.3 Å². The van der Waals surface area contributed by atoms with Gasteiger partial charge in [0.25, 0.3) is 0 Å². The van der Waals surface area contributed by atoms with Crippen LogP contribution in [0.1, 0.15) is 66.2 Å². The third kappa shape index (κ3) is 12.0. The average molecular weight is 502 g/mol. The van der Waals surface area contributed by atoms with Gasteiger partial charge in [0, 0.05) is 19.4 Å². The van der Waals surface area contributed by atoms with Crippen molar-refractivity contribution < 1.29 is 43.9 Å². The molecule has 1 fully saturated rings. The molecule has 35 heavy (non-hydrogen) atoms. The Bertz CT molecular complexity index is 698. The Balaban J connectivity index is 2.43. The lowest BCUT2D eigenvalue weighted by Crippen LogP contribution is -2.48. The van der Waals surface area contributed by atoms with Crippen molar-refractivity contribution in [1.29, 1.82) is 0 Å². The molecule has 1 rings (SSSR count). The van der Waals surface area contributed by atoms with Crippen molar-refractivity contribution in [2.45, 2.75) is 96.7 Å². The fraction of sp³-hybridized carbons (Fsp3) is 0.800. The number of hydrogen-bond donors (Lipinski definition) is 4. The summed E-state index contributed by atoms with van der Waals surface area (Å²) in [4.78, 5) is 36.6. The summed E-state index contributed by atoms with van der Waals surface area (Å²) >= 11 is 0. The smallest absolute Gasteiger partial charge is 0.432 e. The van der Waals surface area contributed by atoms with Gasteiger partial charge in [0.05, 0.1) is 6.54 Å². The monoisotopic (exact) mass is 501 g/mol. The predicted octanol–water partition coefficient (Wildman–Crippen LogP) is 1.88. The zero-order valence-corrected chi connectivity index (χ0v) is 21.6. The molecule has 1 aliphatic carbocycles. The minimum atomic E-state index is -1.69. The molecule has 0 saturated heterocycles. The lowest BCUT2D eigenvalue weighted by Gasteiger charge is -2.27. The number of methoxy groups -OCH3 is 1. The molecule has 0 spiro atoms. The molecular weight excluding hydrogens is 458 g/mol. The van der Waals surface area contributed by atoms with Gasteiger partial charge in [0.2, 0.25) is 5.91 Å². The minimum Gasteiger partial charge on any atom is -0.432 e. The largest absolute Gasteiger partial charge is 0.508 e. The number of hydrogen-bond acceptors (Lipinski definition) is 9. The lowest BCUT2D eigenvalue weighted by molar-refractivity contribution is -0.149. The first-order chi connectivity index (χ1) is 16.4. The number of rotatable bonds is 13. The number of carbonyl (C=O) groups is 3. The highest BCUT2D eigenvalue weighted by Crippen LogP contribution is 2.21.